The van der Waals surface area contributed by atoms with Crippen LogP contribution in [0.15, 0.2) is 17.5 Å². The summed E-state index contributed by atoms with van der Waals surface area (Å²) in [6, 6.07) is 5.92. The molecule has 0 spiro atoms. The van der Waals surface area contributed by atoms with Crippen molar-refractivity contribution in [2.75, 3.05) is 0 Å². The molecule has 2 saturated carbocycles. The fourth-order valence-corrected chi connectivity index (χ4v) is 5.23. The van der Waals surface area contributed by atoms with Crippen LogP contribution in [-0.2, 0) is 0 Å². The van der Waals surface area contributed by atoms with Gasteiger partial charge in [0.15, 0.2) is 0 Å². The molecule has 2 fully saturated rings. The summed E-state index contributed by atoms with van der Waals surface area (Å²) in [4.78, 5) is 1.57. The highest BCUT2D eigenvalue weighted by Gasteiger charge is 2.32. The van der Waals surface area contributed by atoms with Gasteiger partial charge in [0.1, 0.15) is 0 Å². The van der Waals surface area contributed by atoms with E-state index in [9.17, 15) is 0 Å². The Morgan fingerprint density at radius 3 is 2.60 bits per heavy atom. The summed E-state index contributed by atoms with van der Waals surface area (Å²) in [5, 5.41) is 6.32. The van der Waals surface area contributed by atoms with Gasteiger partial charge in [0.25, 0.3) is 0 Å². The molecule has 1 aromatic rings. The number of hydrogen-bond acceptors (Lipinski definition) is 2. The number of thiophene rings is 1. The molecule has 3 rings (SSSR count). The molecular formula is C18H29NS. The van der Waals surface area contributed by atoms with Crippen LogP contribution in [0.5, 0.6) is 0 Å². The van der Waals surface area contributed by atoms with Crippen LogP contribution in [0.1, 0.15) is 69.7 Å². The van der Waals surface area contributed by atoms with Gasteiger partial charge in [0, 0.05) is 17.0 Å². The van der Waals surface area contributed by atoms with E-state index >= 15 is 0 Å². The van der Waals surface area contributed by atoms with Gasteiger partial charge in [0.05, 0.1) is 0 Å². The summed E-state index contributed by atoms with van der Waals surface area (Å²) >= 11 is 1.95. The van der Waals surface area contributed by atoms with Gasteiger partial charge >= 0.3 is 0 Å². The van der Waals surface area contributed by atoms with E-state index in [4.69, 9.17) is 0 Å². The van der Waals surface area contributed by atoms with Crippen molar-refractivity contribution >= 4 is 11.3 Å². The van der Waals surface area contributed by atoms with Gasteiger partial charge in [-0.25, -0.2) is 0 Å². The maximum atomic E-state index is 4.08. The summed E-state index contributed by atoms with van der Waals surface area (Å²) < 4.78 is 0. The molecule has 4 atom stereocenters. The van der Waals surface area contributed by atoms with E-state index in [0.29, 0.717) is 6.04 Å². The first-order valence-corrected chi connectivity index (χ1v) is 9.41. The fraction of sp³-hybridized carbons (Fsp3) is 0.778. The second kappa shape index (κ2) is 6.62. The first-order chi connectivity index (χ1) is 9.74. The lowest BCUT2D eigenvalue weighted by atomic mass is 9.79. The Labute approximate surface area is 128 Å². The lowest BCUT2D eigenvalue weighted by Gasteiger charge is -2.37. The van der Waals surface area contributed by atoms with Crippen LogP contribution < -0.4 is 5.32 Å². The minimum atomic E-state index is 0.623. The van der Waals surface area contributed by atoms with Gasteiger partial charge in [-0.1, -0.05) is 32.8 Å². The highest BCUT2D eigenvalue weighted by Crippen LogP contribution is 2.39. The maximum absolute atomic E-state index is 4.08. The molecule has 0 aromatic carbocycles. The van der Waals surface area contributed by atoms with Gasteiger partial charge in [-0.15, -0.1) is 11.3 Å². The van der Waals surface area contributed by atoms with Crippen LogP contribution >= 0.6 is 11.3 Å². The Balaban J connectivity index is 1.70. The third kappa shape index (κ3) is 3.28. The molecule has 4 unspecified atom stereocenters. The topological polar surface area (TPSA) is 12.0 Å². The van der Waals surface area contributed by atoms with Crippen LogP contribution in [0.4, 0.5) is 0 Å². The SMILES string of the molecule is CC1CCC(NC(c2cccs2)C2CCCC2)C(C)C1. The zero-order chi connectivity index (χ0) is 13.9. The van der Waals surface area contributed by atoms with Gasteiger partial charge in [-0.05, 0) is 61.3 Å². The Hall–Kier alpha value is -0.340. The highest BCUT2D eigenvalue weighted by molar-refractivity contribution is 7.10. The number of rotatable bonds is 4. The second-order valence-corrected chi connectivity index (χ2v) is 8.19. The Bertz CT molecular complexity index is 394. The molecule has 0 saturated heterocycles. The number of nitrogens with one attached hydrogen (secondary N) is 1. The average Bonchev–Trinajstić information content (AvgIpc) is 3.11. The van der Waals surface area contributed by atoms with Crippen molar-refractivity contribution in [3.8, 4) is 0 Å². The average molecular weight is 292 g/mol. The highest BCUT2D eigenvalue weighted by atomic mass is 32.1. The molecule has 20 heavy (non-hydrogen) atoms. The summed E-state index contributed by atoms with van der Waals surface area (Å²) in [5.74, 6) is 2.64. The van der Waals surface area contributed by atoms with E-state index in [1.165, 1.54) is 44.9 Å². The van der Waals surface area contributed by atoms with Crippen LogP contribution in [0.25, 0.3) is 0 Å². The molecule has 1 heterocycles. The molecule has 1 nitrogen and oxygen atoms in total. The molecular weight excluding hydrogens is 262 g/mol. The predicted molar refractivity (Wildman–Crippen MR) is 88.1 cm³/mol. The maximum Gasteiger partial charge on any atom is 0.0445 e. The molecule has 2 heteroatoms. The van der Waals surface area contributed by atoms with Crippen molar-refractivity contribution in [3.63, 3.8) is 0 Å². The molecule has 0 amide bonds. The third-order valence-corrected chi connectivity index (χ3v) is 6.50. The van der Waals surface area contributed by atoms with Crippen LogP contribution in [-0.4, -0.2) is 6.04 Å². The zero-order valence-electron chi connectivity index (χ0n) is 13.0. The van der Waals surface area contributed by atoms with E-state index in [1.54, 1.807) is 4.88 Å². The van der Waals surface area contributed by atoms with E-state index in [1.807, 2.05) is 11.3 Å². The lowest BCUT2D eigenvalue weighted by Crippen LogP contribution is -2.42. The lowest BCUT2D eigenvalue weighted by molar-refractivity contribution is 0.196. The molecule has 0 bridgehead atoms. The molecule has 2 aliphatic rings. The van der Waals surface area contributed by atoms with Crippen molar-refractivity contribution in [1.29, 1.82) is 0 Å². The van der Waals surface area contributed by atoms with Crippen LogP contribution in [0, 0.1) is 17.8 Å². The molecule has 0 aliphatic heterocycles. The first kappa shape index (κ1) is 14.6. The largest absolute Gasteiger partial charge is 0.306 e. The molecule has 1 N–H and O–H groups in total. The zero-order valence-corrected chi connectivity index (χ0v) is 13.8. The molecule has 0 radical (unpaired) electrons. The summed E-state index contributed by atoms with van der Waals surface area (Å²) in [5.41, 5.74) is 0. The third-order valence-electron chi connectivity index (χ3n) is 5.55. The Morgan fingerprint density at radius 2 is 1.95 bits per heavy atom. The van der Waals surface area contributed by atoms with Crippen molar-refractivity contribution in [2.45, 2.75) is 70.9 Å². The molecule has 112 valence electrons. The molecule has 1 aromatic heterocycles. The van der Waals surface area contributed by atoms with Gasteiger partial charge in [0.2, 0.25) is 0 Å². The summed E-state index contributed by atoms with van der Waals surface area (Å²) in [7, 11) is 0. The smallest absolute Gasteiger partial charge is 0.0445 e. The Morgan fingerprint density at radius 1 is 1.15 bits per heavy atom. The summed E-state index contributed by atoms with van der Waals surface area (Å²) in [6.07, 6.45) is 9.90. The molecule has 2 aliphatic carbocycles. The van der Waals surface area contributed by atoms with Crippen molar-refractivity contribution < 1.29 is 0 Å². The first-order valence-electron chi connectivity index (χ1n) is 8.53. The quantitative estimate of drug-likeness (QED) is 0.784. The van der Waals surface area contributed by atoms with E-state index in [-0.39, 0.29) is 0 Å². The van der Waals surface area contributed by atoms with Gasteiger partial charge in [-0.3, -0.25) is 0 Å². The minimum absolute atomic E-state index is 0.623. The fourth-order valence-electron chi connectivity index (χ4n) is 4.35. The van der Waals surface area contributed by atoms with Crippen molar-refractivity contribution in [1.82, 2.24) is 5.32 Å². The van der Waals surface area contributed by atoms with E-state index < -0.39 is 0 Å². The predicted octanol–water partition coefficient (Wildman–Crippen LogP) is 5.39. The normalized spacial score (nSPS) is 33.4. The summed E-state index contributed by atoms with van der Waals surface area (Å²) in [6.45, 7) is 4.87. The van der Waals surface area contributed by atoms with Crippen molar-refractivity contribution in [3.05, 3.63) is 22.4 Å². The van der Waals surface area contributed by atoms with E-state index in [2.05, 4.69) is 36.7 Å². The standard InChI is InChI=1S/C18H29NS/c1-13-9-10-16(14(2)12-13)19-18(15-6-3-4-7-15)17-8-5-11-20-17/h5,8,11,13-16,18-19H,3-4,6-7,9-10,12H2,1-2H3. The second-order valence-electron chi connectivity index (χ2n) is 7.21. The van der Waals surface area contributed by atoms with Crippen molar-refractivity contribution in [2.24, 2.45) is 17.8 Å². The monoisotopic (exact) mass is 291 g/mol. The minimum Gasteiger partial charge on any atom is -0.306 e. The van der Waals surface area contributed by atoms with Crippen LogP contribution in [0.3, 0.4) is 0 Å². The van der Waals surface area contributed by atoms with Gasteiger partial charge < -0.3 is 5.32 Å². The Kier molecular flexibility index (Phi) is 4.83. The van der Waals surface area contributed by atoms with Crippen LogP contribution in [0.2, 0.25) is 0 Å². The van der Waals surface area contributed by atoms with E-state index in [0.717, 1.165) is 23.8 Å². The number of hydrogen-bond donors (Lipinski definition) is 1. The van der Waals surface area contributed by atoms with Gasteiger partial charge in [-0.2, -0.15) is 0 Å².